The molecule has 0 fully saturated rings. The summed E-state index contributed by atoms with van der Waals surface area (Å²) in [7, 11) is 0. The fourth-order valence-corrected chi connectivity index (χ4v) is 2.46. The zero-order chi connectivity index (χ0) is 12.8. The van der Waals surface area contributed by atoms with Gasteiger partial charge in [0.2, 0.25) is 0 Å². The van der Waals surface area contributed by atoms with Crippen LogP contribution in [0.2, 0.25) is 0 Å². The third-order valence-corrected chi connectivity index (χ3v) is 3.74. The molecule has 0 bridgehead atoms. The Kier molecular flexibility index (Phi) is 6.43. The standard InChI is InChI=1S/C12H15BrINO2/c1-2-5-15(6-7-16)12(17)10-8-9(13)3-4-11(10)14/h3-4,8,16H,2,5-7H2,1H3. The van der Waals surface area contributed by atoms with Gasteiger partial charge < -0.3 is 10.0 Å². The minimum atomic E-state index is -0.0217. The van der Waals surface area contributed by atoms with Gasteiger partial charge in [0.25, 0.3) is 5.91 Å². The maximum absolute atomic E-state index is 12.3. The maximum atomic E-state index is 12.3. The molecule has 3 nitrogen and oxygen atoms in total. The molecule has 0 aliphatic heterocycles. The van der Waals surface area contributed by atoms with Crippen LogP contribution in [0.4, 0.5) is 0 Å². The van der Waals surface area contributed by atoms with Crippen molar-refractivity contribution in [3.8, 4) is 0 Å². The summed E-state index contributed by atoms with van der Waals surface area (Å²) in [6.45, 7) is 3.07. The van der Waals surface area contributed by atoms with Crippen LogP contribution < -0.4 is 0 Å². The van der Waals surface area contributed by atoms with E-state index in [2.05, 4.69) is 38.5 Å². The minimum absolute atomic E-state index is 0.00365. The van der Waals surface area contributed by atoms with Gasteiger partial charge in [-0.3, -0.25) is 4.79 Å². The largest absolute Gasteiger partial charge is 0.395 e. The van der Waals surface area contributed by atoms with Gasteiger partial charge >= 0.3 is 0 Å². The van der Waals surface area contributed by atoms with Crippen LogP contribution in [0, 0.1) is 3.57 Å². The summed E-state index contributed by atoms with van der Waals surface area (Å²) in [5.74, 6) is -0.0217. The van der Waals surface area contributed by atoms with Crippen molar-refractivity contribution in [1.82, 2.24) is 4.90 Å². The average molecular weight is 412 g/mol. The summed E-state index contributed by atoms with van der Waals surface area (Å²) in [5.41, 5.74) is 0.682. The molecule has 17 heavy (non-hydrogen) atoms. The molecule has 0 radical (unpaired) electrons. The van der Waals surface area contributed by atoms with Crippen LogP contribution in [0.15, 0.2) is 22.7 Å². The Morgan fingerprint density at radius 3 is 2.76 bits per heavy atom. The number of aliphatic hydroxyl groups is 1. The van der Waals surface area contributed by atoms with Crippen molar-refractivity contribution < 1.29 is 9.90 Å². The molecular formula is C12H15BrINO2. The summed E-state index contributed by atoms with van der Waals surface area (Å²) >= 11 is 5.52. The molecule has 1 amide bonds. The molecule has 94 valence electrons. The number of nitrogens with zero attached hydrogens (tertiary/aromatic N) is 1. The number of hydrogen-bond donors (Lipinski definition) is 1. The van der Waals surface area contributed by atoms with Gasteiger partial charge in [0.15, 0.2) is 0 Å². The molecule has 1 aromatic rings. The van der Waals surface area contributed by atoms with Crippen LogP contribution in [0.5, 0.6) is 0 Å². The van der Waals surface area contributed by atoms with E-state index in [1.165, 1.54) is 0 Å². The van der Waals surface area contributed by atoms with Crippen molar-refractivity contribution in [3.63, 3.8) is 0 Å². The van der Waals surface area contributed by atoms with E-state index in [1.54, 1.807) is 4.90 Å². The number of halogens is 2. The van der Waals surface area contributed by atoms with Gasteiger partial charge in [-0.1, -0.05) is 22.9 Å². The SMILES string of the molecule is CCCN(CCO)C(=O)c1cc(Br)ccc1I. The highest BCUT2D eigenvalue weighted by Crippen LogP contribution is 2.20. The normalized spacial score (nSPS) is 10.4. The molecule has 1 N–H and O–H groups in total. The van der Waals surface area contributed by atoms with E-state index in [0.29, 0.717) is 18.7 Å². The number of carbonyl (C=O) groups is 1. The van der Waals surface area contributed by atoms with Gasteiger partial charge in [-0.05, 0) is 47.2 Å². The minimum Gasteiger partial charge on any atom is -0.395 e. The highest BCUT2D eigenvalue weighted by molar-refractivity contribution is 14.1. The van der Waals surface area contributed by atoms with Crippen molar-refractivity contribution in [3.05, 3.63) is 31.8 Å². The number of amides is 1. The Hall–Kier alpha value is -0.140. The molecule has 0 aliphatic carbocycles. The van der Waals surface area contributed by atoms with E-state index in [4.69, 9.17) is 5.11 Å². The van der Waals surface area contributed by atoms with E-state index in [-0.39, 0.29) is 12.5 Å². The van der Waals surface area contributed by atoms with Gasteiger partial charge in [0.1, 0.15) is 0 Å². The Bertz CT molecular complexity index is 392. The molecule has 0 saturated carbocycles. The van der Waals surface area contributed by atoms with E-state index >= 15 is 0 Å². The fourth-order valence-electron chi connectivity index (χ4n) is 1.54. The van der Waals surface area contributed by atoms with Gasteiger partial charge in [0.05, 0.1) is 12.2 Å². The molecule has 0 atom stereocenters. The number of rotatable bonds is 5. The summed E-state index contributed by atoms with van der Waals surface area (Å²) in [5, 5.41) is 8.98. The van der Waals surface area contributed by atoms with E-state index in [0.717, 1.165) is 14.5 Å². The van der Waals surface area contributed by atoms with Crippen LogP contribution in [0.1, 0.15) is 23.7 Å². The highest BCUT2D eigenvalue weighted by Gasteiger charge is 2.17. The van der Waals surface area contributed by atoms with Crippen molar-refractivity contribution in [1.29, 1.82) is 0 Å². The van der Waals surface area contributed by atoms with Gasteiger partial charge in [0, 0.05) is 21.1 Å². The van der Waals surface area contributed by atoms with E-state index in [1.807, 2.05) is 25.1 Å². The first-order valence-electron chi connectivity index (χ1n) is 5.45. The first kappa shape index (κ1) is 14.9. The van der Waals surface area contributed by atoms with Crippen LogP contribution in [-0.2, 0) is 0 Å². The third-order valence-electron chi connectivity index (χ3n) is 2.31. The molecule has 1 rings (SSSR count). The monoisotopic (exact) mass is 411 g/mol. The topological polar surface area (TPSA) is 40.5 Å². The van der Waals surface area contributed by atoms with E-state index < -0.39 is 0 Å². The zero-order valence-corrected chi connectivity index (χ0v) is 13.4. The average Bonchev–Trinajstić information content (AvgIpc) is 2.31. The predicted molar refractivity (Wildman–Crippen MR) is 80.1 cm³/mol. The quantitative estimate of drug-likeness (QED) is 0.757. The smallest absolute Gasteiger partial charge is 0.255 e. The highest BCUT2D eigenvalue weighted by atomic mass is 127. The van der Waals surface area contributed by atoms with Gasteiger partial charge in [-0.25, -0.2) is 0 Å². The van der Waals surface area contributed by atoms with Crippen molar-refractivity contribution in [2.45, 2.75) is 13.3 Å². The number of hydrogen-bond acceptors (Lipinski definition) is 2. The third kappa shape index (κ3) is 4.22. The second kappa shape index (κ2) is 7.33. The first-order chi connectivity index (χ1) is 8.10. The molecule has 1 aromatic carbocycles. The van der Waals surface area contributed by atoms with E-state index in [9.17, 15) is 4.79 Å². The van der Waals surface area contributed by atoms with Gasteiger partial charge in [-0.15, -0.1) is 0 Å². The van der Waals surface area contributed by atoms with Crippen LogP contribution in [-0.4, -0.2) is 35.6 Å². The predicted octanol–water partition coefficient (Wildman–Crippen LogP) is 2.90. The summed E-state index contributed by atoms with van der Waals surface area (Å²) in [6, 6.07) is 5.64. The molecule has 5 heteroatoms. The summed E-state index contributed by atoms with van der Waals surface area (Å²) < 4.78 is 1.82. The van der Waals surface area contributed by atoms with Crippen molar-refractivity contribution in [2.75, 3.05) is 19.7 Å². The Labute approximate surface area is 123 Å². The van der Waals surface area contributed by atoms with Crippen molar-refractivity contribution >= 4 is 44.4 Å². The molecule has 0 aliphatic rings. The lowest BCUT2D eigenvalue weighted by Gasteiger charge is -2.21. The summed E-state index contributed by atoms with van der Waals surface area (Å²) in [4.78, 5) is 14.0. The van der Waals surface area contributed by atoms with Gasteiger partial charge in [-0.2, -0.15) is 0 Å². The van der Waals surface area contributed by atoms with Crippen LogP contribution in [0.3, 0.4) is 0 Å². The lowest BCUT2D eigenvalue weighted by Crippen LogP contribution is -2.34. The van der Waals surface area contributed by atoms with Crippen LogP contribution >= 0.6 is 38.5 Å². The maximum Gasteiger partial charge on any atom is 0.255 e. The summed E-state index contributed by atoms with van der Waals surface area (Å²) in [6.07, 6.45) is 0.885. The van der Waals surface area contributed by atoms with Crippen molar-refractivity contribution in [2.24, 2.45) is 0 Å². The van der Waals surface area contributed by atoms with Crippen LogP contribution in [0.25, 0.3) is 0 Å². The molecule has 0 heterocycles. The first-order valence-corrected chi connectivity index (χ1v) is 7.32. The molecule has 0 unspecified atom stereocenters. The number of benzene rings is 1. The lowest BCUT2D eigenvalue weighted by atomic mass is 10.2. The Balaban J connectivity index is 2.95. The Morgan fingerprint density at radius 1 is 1.47 bits per heavy atom. The number of carbonyl (C=O) groups excluding carboxylic acids is 1. The second-order valence-electron chi connectivity index (χ2n) is 3.64. The molecule has 0 spiro atoms. The molecule has 0 aromatic heterocycles. The zero-order valence-electron chi connectivity index (χ0n) is 9.62. The lowest BCUT2D eigenvalue weighted by molar-refractivity contribution is 0.0721. The second-order valence-corrected chi connectivity index (χ2v) is 5.72. The fraction of sp³-hybridized carbons (Fsp3) is 0.417. The Morgan fingerprint density at radius 2 is 2.18 bits per heavy atom. The molecular weight excluding hydrogens is 397 g/mol. The number of aliphatic hydroxyl groups excluding tert-OH is 1. The molecule has 0 saturated heterocycles.